The Bertz CT molecular complexity index is 688. The van der Waals surface area contributed by atoms with Crippen molar-refractivity contribution in [3.63, 3.8) is 0 Å². The van der Waals surface area contributed by atoms with Gasteiger partial charge in [0.15, 0.2) is 11.5 Å². The van der Waals surface area contributed by atoms with E-state index < -0.39 is 5.91 Å². The first-order valence-electron chi connectivity index (χ1n) is 5.67. The molecule has 2 aromatic rings. The highest BCUT2D eigenvalue weighted by Gasteiger charge is 2.12. The number of aryl methyl sites for hydroxylation is 1. The van der Waals surface area contributed by atoms with Crippen LogP contribution in [0.3, 0.4) is 0 Å². The number of nitrogens with one attached hydrogen (secondary N) is 1. The van der Waals surface area contributed by atoms with Gasteiger partial charge in [-0.2, -0.15) is 0 Å². The summed E-state index contributed by atoms with van der Waals surface area (Å²) < 4.78 is 0.704. The molecule has 2 aromatic carbocycles. The first-order chi connectivity index (χ1) is 9.38. The Kier molecular flexibility index (Phi) is 4.20. The Morgan fingerprint density at radius 3 is 2.55 bits per heavy atom. The molecule has 0 saturated heterocycles. The average molecular weight is 357 g/mol. The molecular formula is C14H11BrClNO3. The maximum Gasteiger partial charge on any atom is 0.255 e. The molecule has 2 rings (SSSR count). The first-order valence-corrected chi connectivity index (χ1v) is 6.84. The lowest BCUT2D eigenvalue weighted by molar-refractivity contribution is 0.102. The number of rotatable bonds is 2. The summed E-state index contributed by atoms with van der Waals surface area (Å²) in [5.74, 6) is -1.04. The smallest absolute Gasteiger partial charge is 0.255 e. The number of hydrogen-bond acceptors (Lipinski definition) is 3. The molecule has 0 aliphatic heterocycles. The van der Waals surface area contributed by atoms with Gasteiger partial charge in [0, 0.05) is 15.1 Å². The number of amides is 1. The van der Waals surface area contributed by atoms with Crippen molar-refractivity contribution in [2.24, 2.45) is 0 Å². The van der Waals surface area contributed by atoms with Gasteiger partial charge < -0.3 is 15.5 Å². The Balaban J connectivity index is 2.27. The van der Waals surface area contributed by atoms with Crippen molar-refractivity contribution < 1.29 is 15.0 Å². The van der Waals surface area contributed by atoms with Gasteiger partial charge in [0.05, 0.1) is 5.69 Å². The summed E-state index contributed by atoms with van der Waals surface area (Å²) in [6, 6.07) is 7.29. The lowest BCUT2D eigenvalue weighted by Gasteiger charge is -2.10. The van der Waals surface area contributed by atoms with E-state index in [1.54, 1.807) is 12.1 Å². The SMILES string of the molecule is Cc1cc(Br)c(NC(=O)c2ccc(O)c(O)c2)cc1Cl. The van der Waals surface area contributed by atoms with Crippen LogP contribution in [0, 0.1) is 6.92 Å². The molecule has 20 heavy (non-hydrogen) atoms. The largest absolute Gasteiger partial charge is 0.504 e. The lowest BCUT2D eigenvalue weighted by Crippen LogP contribution is -2.12. The topological polar surface area (TPSA) is 69.6 Å². The molecular weight excluding hydrogens is 346 g/mol. The predicted molar refractivity (Wildman–Crippen MR) is 81.6 cm³/mol. The minimum Gasteiger partial charge on any atom is -0.504 e. The molecule has 0 bridgehead atoms. The molecule has 0 fully saturated rings. The van der Waals surface area contributed by atoms with Crippen molar-refractivity contribution >= 4 is 39.1 Å². The van der Waals surface area contributed by atoms with E-state index in [4.69, 9.17) is 11.6 Å². The highest BCUT2D eigenvalue weighted by atomic mass is 79.9. The third-order valence-electron chi connectivity index (χ3n) is 2.73. The maximum atomic E-state index is 12.1. The quantitative estimate of drug-likeness (QED) is 0.710. The van der Waals surface area contributed by atoms with Gasteiger partial charge in [-0.25, -0.2) is 0 Å². The fourth-order valence-corrected chi connectivity index (χ4v) is 2.32. The number of phenols is 2. The van der Waals surface area contributed by atoms with Crippen LogP contribution in [0.4, 0.5) is 5.69 Å². The van der Waals surface area contributed by atoms with Crippen LogP contribution < -0.4 is 5.32 Å². The number of benzene rings is 2. The van der Waals surface area contributed by atoms with Crippen molar-refractivity contribution in [1.29, 1.82) is 0 Å². The Labute approximate surface area is 129 Å². The van der Waals surface area contributed by atoms with Crippen molar-refractivity contribution in [1.82, 2.24) is 0 Å². The van der Waals surface area contributed by atoms with Crippen molar-refractivity contribution in [2.45, 2.75) is 6.92 Å². The van der Waals surface area contributed by atoms with Crippen LogP contribution >= 0.6 is 27.5 Å². The van der Waals surface area contributed by atoms with E-state index in [9.17, 15) is 15.0 Å². The van der Waals surface area contributed by atoms with Gasteiger partial charge in [-0.05, 0) is 58.7 Å². The molecule has 1 amide bonds. The number of phenolic OH excluding ortho intramolecular Hbond substituents is 2. The zero-order chi connectivity index (χ0) is 14.9. The molecule has 4 nitrogen and oxygen atoms in total. The van der Waals surface area contributed by atoms with Gasteiger partial charge in [-0.15, -0.1) is 0 Å². The summed E-state index contributed by atoms with van der Waals surface area (Å²) in [6.45, 7) is 1.86. The molecule has 0 radical (unpaired) electrons. The third-order valence-corrected chi connectivity index (χ3v) is 3.80. The normalized spacial score (nSPS) is 10.3. The first kappa shape index (κ1) is 14.7. The van der Waals surface area contributed by atoms with Crippen LogP contribution in [0.25, 0.3) is 0 Å². The molecule has 104 valence electrons. The average Bonchev–Trinajstić information content (AvgIpc) is 2.39. The highest BCUT2D eigenvalue weighted by Crippen LogP contribution is 2.30. The van der Waals surface area contributed by atoms with Gasteiger partial charge in [-0.3, -0.25) is 4.79 Å². The Morgan fingerprint density at radius 1 is 1.20 bits per heavy atom. The summed E-state index contributed by atoms with van der Waals surface area (Å²) >= 11 is 9.36. The van der Waals surface area contributed by atoms with Crippen LogP contribution in [-0.4, -0.2) is 16.1 Å². The highest BCUT2D eigenvalue weighted by molar-refractivity contribution is 9.10. The number of anilines is 1. The molecule has 0 saturated carbocycles. The third kappa shape index (κ3) is 3.05. The van der Waals surface area contributed by atoms with E-state index in [-0.39, 0.29) is 17.1 Å². The van der Waals surface area contributed by atoms with Crippen LogP contribution in [-0.2, 0) is 0 Å². The van der Waals surface area contributed by atoms with E-state index in [2.05, 4.69) is 21.2 Å². The van der Waals surface area contributed by atoms with E-state index in [0.717, 1.165) is 5.56 Å². The standard InChI is InChI=1S/C14H11BrClNO3/c1-7-4-9(15)11(6-10(7)16)17-14(20)8-2-3-12(18)13(19)5-8/h2-6,18-19H,1H3,(H,17,20). The van der Waals surface area contributed by atoms with Gasteiger partial charge >= 0.3 is 0 Å². The second kappa shape index (κ2) is 5.73. The Morgan fingerprint density at radius 2 is 1.90 bits per heavy atom. The second-order valence-electron chi connectivity index (χ2n) is 4.24. The van der Waals surface area contributed by atoms with Crippen LogP contribution in [0.5, 0.6) is 11.5 Å². The van der Waals surface area contributed by atoms with E-state index in [0.29, 0.717) is 15.2 Å². The number of carbonyl (C=O) groups is 1. The molecule has 0 atom stereocenters. The van der Waals surface area contributed by atoms with Crippen LogP contribution in [0.2, 0.25) is 5.02 Å². The summed E-state index contributed by atoms with van der Waals surface area (Å²) in [6.07, 6.45) is 0. The molecule has 3 N–H and O–H groups in total. The molecule has 6 heteroatoms. The van der Waals surface area contributed by atoms with Gasteiger partial charge in [0.1, 0.15) is 0 Å². The van der Waals surface area contributed by atoms with Gasteiger partial charge in [-0.1, -0.05) is 11.6 Å². The maximum absolute atomic E-state index is 12.1. The molecule has 0 spiro atoms. The van der Waals surface area contributed by atoms with Crippen LogP contribution in [0.15, 0.2) is 34.8 Å². The number of aromatic hydroxyl groups is 2. The minimum absolute atomic E-state index is 0.226. The van der Waals surface area contributed by atoms with E-state index >= 15 is 0 Å². The lowest BCUT2D eigenvalue weighted by atomic mass is 10.1. The summed E-state index contributed by atoms with van der Waals surface area (Å²) in [7, 11) is 0. The van der Waals surface area contributed by atoms with E-state index in [1.165, 1.54) is 18.2 Å². The zero-order valence-corrected chi connectivity index (χ0v) is 12.8. The van der Waals surface area contributed by atoms with Crippen molar-refractivity contribution in [3.05, 3.63) is 51.0 Å². The molecule has 0 aromatic heterocycles. The van der Waals surface area contributed by atoms with E-state index in [1.807, 2.05) is 6.92 Å². The summed E-state index contributed by atoms with van der Waals surface area (Å²) in [4.78, 5) is 12.1. The number of hydrogen-bond donors (Lipinski definition) is 3. The second-order valence-corrected chi connectivity index (χ2v) is 5.50. The van der Waals surface area contributed by atoms with Gasteiger partial charge in [0.2, 0.25) is 0 Å². The Hall–Kier alpha value is -1.72. The molecule has 0 heterocycles. The molecule has 0 unspecified atom stereocenters. The monoisotopic (exact) mass is 355 g/mol. The predicted octanol–water partition coefficient (Wildman–Crippen LogP) is 4.07. The fraction of sp³-hybridized carbons (Fsp3) is 0.0714. The van der Waals surface area contributed by atoms with Crippen molar-refractivity contribution in [2.75, 3.05) is 5.32 Å². The fourth-order valence-electron chi connectivity index (χ4n) is 1.60. The summed E-state index contributed by atoms with van der Waals surface area (Å²) in [5.41, 5.74) is 1.64. The van der Waals surface area contributed by atoms with Crippen molar-refractivity contribution in [3.8, 4) is 11.5 Å². The summed E-state index contributed by atoms with van der Waals surface area (Å²) in [5, 5.41) is 21.8. The number of halogens is 2. The zero-order valence-electron chi connectivity index (χ0n) is 10.4. The van der Waals surface area contributed by atoms with Crippen LogP contribution in [0.1, 0.15) is 15.9 Å². The molecule has 0 aliphatic carbocycles. The molecule has 0 aliphatic rings. The van der Waals surface area contributed by atoms with Gasteiger partial charge in [0.25, 0.3) is 5.91 Å². The minimum atomic E-state index is -0.416. The number of carbonyl (C=O) groups excluding carboxylic acids is 1.